The molecular weight excluding hydrogens is 435 g/mol. The van der Waals surface area contributed by atoms with Crippen molar-refractivity contribution in [3.8, 4) is 0 Å². The largest absolute Gasteiger partial charge is 0.434 e. The van der Waals surface area contributed by atoms with Gasteiger partial charge in [-0.3, -0.25) is 0 Å². The molecule has 13 heteroatoms. The lowest BCUT2D eigenvalue weighted by Gasteiger charge is -2.54. The van der Waals surface area contributed by atoms with E-state index in [1.54, 1.807) is 6.20 Å². The molecule has 2 saturated heterocycles. The van der Waals surface area contributed by atoms with Crippen LogP contribution in [0.2, 0.25) is 0 Å². The lowest BCUT2D eigenvalue weighted by atomic mass is 9.72. The Bertz CT molecular complexity index is 1100. The quantitative estimate of drug-likeness (QED) is 0.561. The first-order valence-electron chi connectivity index (χ1n) is 10.1. The second-order valence-electron chi connectivity index (χ2n) is 8.26. The zero-order valence-electron chi connectivity index (χ0n) is 16.8. The third kappa shape index (κ3) is 3.79. The maximum absolute atomic E-state index is 12.7. The molecule has 0 aliphatic carbocycles. The molecule has 0 radical (unpaired) electrons. The van der Waals surface area contributed by atoms with Gasteiger partial charge in [0.2, 0.25) is 0 Å². The van der Waals surface area contributed by atoms with Crippen molar-refractivity contribution in [1.29, 1.82) is 0 Å². The van der Waals surface area contributed by atoms with E-state index < -0.39 is 24.8 Å². The maximum atomic E-state index is 12.7. The van der Waals surface area contributed by atoms with Gasteiger partial charge in [-0.15, -0.1) is 0 Å². The van der Waals surface area contributed by atoms with E-state index in [1.807, 2.05) is 4.90 Å². The monoisotopic (exact) mass is 454 g/mol. The summed E-state index contributed by atoms with van der Waals surface area (Å²) in [6, 6.07) is 0. The fourth-order valence-corrected chi connectivity index (χ4v) is 4.34. The second-order valence-corrected chi connectivity index (χ2v) is 8.26. The van der Waals surface area contributed by atoms with Gasteiger partial charge in [0.15, 0.2) is 11.3 Å². The molecule has 32 heavy (non-hydrogen) atoms. The van der Waals surface area contributed by atoms with Crippen molar-refractivity contribution in [1.82, 2.24) is 29.7 Å². The smallest absolute Gasteiger partial charge is 0.355 e. The molecule has 3 aromatic rings. The van der Waals surface area contributed by atoms with Crippen LogP contribution >= 0.6 is 0 Å². The minimum Gasteiger partial charge on any atom is -0.355 e. The van der Waals surface area contributed by atoms with Crippen LogP contribution in [0.25, 0.3) is 11.2 Å². The number of rotatable bonds is 4. The van der Waals surface area contributed by atoms with Gasteiger partial charge >= 0.3 is 6.18 Å². The van der Waals surface area contributed by atoms with Crippen LogP contribution in [0.1, 0.15) is 18.5 Å². The molecule has 170 valence electrons. The van der Waals surface area contributed by atoms with Gasteiger partial charge in [0.1, 0.15) is 23.7 Å². The number of aromatic nitrogens is 6. The number of alkyl halides is 5. The molecule has 1 spiro atoms. The maximum Gasteiger partial charge on any atom is 0.434 e. The van der Waals surface area contributed by atoms with E-state index in [2.05, 4.69) is 29.9 Å². The molecule has 0 unspecified atom stereocenters. The van der Waals surface area contributed by atoms with Crippen LogP contribution in [0, 0.1) is 5.41 Å². The van der Waals surface area contributed by atoms with E-state index in [0.717, 1.165) is 36.8 Å². The van der Waals surface area contributed by atoms with Crippen molar-refractivity contribution < 1.29 is 22.0 Å². The zero-order valence-corrected chi connectivity index (χ0v) is 16.8. The first kappa shape index (κ1) is 20.8. The second kappa shape index (κ2) is 7.48. The highest BCUT2D eigenvalue weighted by molar-refractivity contribution is 5.71. The van der Waals surface area contributed by atoms with Crippen LogP contribution in [0.15, 0.2) is 24.8 Å². The summed E-state index contributed by atoms with van der Waals surface area (Å²) in [7, 11) is 0. The van der Waals surface area contributed by atoms with Crippen LogP contribution in [0.4, 0.5) is 33.6 Å². The molecule has 0 bridgehead atoms. The average Bonchev–Trinajstić information content (AvgIpc) is 3.13. The Balaban J connectivity index is 1.21. The fourth-order valence-electron chi connectivity index (χ4n) is 4.34. The third-order valence-corrected chi connectivity index (χ3v) is 6.10. The van der Waals surface area contributed by atoms with E-state index in [4.69, 9.17) is 0 Å². The summed E-state index contributed by atoms with van der Waals surface area (Å²) < 4.78 is 64.7. The number of hydrogen-bond acceptors (Lipinski definition) is 7. The normalized spacial score (nSPS) is 18.6. The van der Waals surface area contributed by atoms with E-state index in [0.29, 0.717) is 35.9 Å². The van der Waals surface area contributed by atoms with Gasteiger partial charge in [-0.25, -0.2) is 33.4 Å². The SMILES string of the molecule is FC(F)Cn1ncc2ncc(N3CC4(CCN(c5cnc(C(F)(F)F)cn5)CC4)C3)nc21. The van der Waals surface area contributed by atoms with Crippen molar-refractivity contribution in [3.63, 3.8) is 0 Å². The lowest BCUT2D eigenvalue weighted by Crippen LogP contribution is -2.61. The number of halogens is 5. The van der Waals surface area contributed by atoms with Gasteiger partial charge in [0, 0.05) is 31.6 Å². The number of fused-ring (bicyclic) bond motifs is 1. The van der Waals surface area contributed by atoms with Gasteiger partial charge in [0.05, 0.1) is 24.8 Å². The van der Waals surface area contributed by atoms with E-state index in [9.17, 15) is 22.0 Å². The van der Waals surface area contributed by atoms with Crippen LogP contribution in [0.3, 0.4) is 0 Å². The highest BCUT2D eigenvalue weighted by Gasteiger charge is 2.45. The predicted molar refractivity (Wildman–Crippen MR) is 104 cm³/mol. The summed E-state index contributed by atoms with van der Waals surface area (Å²) in [6.07, 6.45) is -0.357. The Morgan fingerprint density at radius 2 is 1.62 bits per heavy atom. The molecule has 8 nitrogen and oxygen atoms in total. The van der Waals surface area contributed by atoms with E-state index in [-0.39, 0.29) is 5.41 Å². The summed E-state index contributed by atoms with van der Waals surface area (Å²) in [5.41, 5.74) is -0.122. The van der Waals surface area contributed by atoms with Crippen molar-refractivity contribution in [2.24, 2.45) is 5.41 Å². The van der Waals surface area contributed by atoms with Gasteiger partial charge in [0.25, 0.3) is 6.43 Å². The summed E-state index contributed by atoms with van der Waals surface area (Å²) in [4.78, 5) is 20.2. The molecule has 3 aromatic heterocycles. The van der Waals surface area contributed by atoms with Crippen LogP contribution in [0.5, 0.6) is 0 Å². The summed E-state index contributed by atoms with van der Waals surface area (Å²) >= 11 is 0. The molecule has 2 aliphatic rings. The zero-order chi connectivity index (χ0) is 22.5. The average molecular weight is 454 g/mol. The van der Waals surface area contributed by atoms with Crippen molar-refractivity contribution in [3.05, 3.63) is 30.5 Å². The Hall–Kier alpha value is -3.12. The summed E-state index contributed by atoms with van der Waals surface area (Å²) in [5, 5.41) is 3.93. The van der Waals surface area contributed by atoms with Gasteiger partial charge in [-0.1, -0.05) is 0 Å². The van der Waals surface area contributed by atoms with Gasteiger partial charge in [-0.2, -0.15) is 18.3 Å². The van der Waals surface area contributed by atoms with E-state index >= 15 is 0 Å². The number of anilines is 2. The molecule has 0 atom stereocenters. The molecule has 0 amide bonds. The topological polar surface area (TPSA) is 75.9 Å². The number of hydrogen-bond donors (Lipinski definition) is 0. The third-order valence-electron chi connectivity index (χ3n) is 6.10. The lowest BCUT2D eigenvalue weighted by molar-refractivity contribution is -0.141. The first-order chi connectivity index (χ1) is 15.2. The highest BCUT2D eigenvalue weighted by Crippen LogP contribution is 2.42. The fraction of sp³-hybridized carbons (Fsp3) is 0.526. The number of nitrogens with zero attached hydrogens (tertiary/aromatic N) is 8. The first-order valence-corrected chi connectivity index (χ1v) is 10.1. The van der Waals surface area contributed by atoms with Crippen LogP contribution < -0.4 is 9.80 Å². The van der Waals surface area contributed by atoms with Crippen LogP contribution in [-0.4, -0.2) is 62.3 Å². The van der Waals surface area contributed by atoms with Crippen LogP contribution in [-0.2, 0) is 12.7 Å². The van der Waals surface area contributed by atoms with Gasteiger partial charge < -0.3 is 9.80 Å². The molecule has 2 fully saturated rings. The highest BCUT2D eigenvalue weighted by atomic mass is 19.4. The minimum atomic E-state index is -4.50. The molecule has 0 aromatic carbocycles. The molecule has 5 heterocycles. The molecule has 0 saturated carbocycles. The van der Waals surface area contributed by atoms with Gasteiger partial charge in [-0.05, 0) is 12.8 Å². The number of piperidine rings is 1. The predicted octanol–water partition coefficient (Wildman–Crippen LogP) is 3.01. The molecule has 5 rings (SSSR count). The molecular formula is C19H19F5N8. The Morgan fingerprint density at radius 3 is 2.25 bits per heavy atom. The van der Waals surface area contributed by atoms with E-state index in [1.165, 1.54) is 12.4 Å². The minimum absolute atomic E-state index is 0.0791. The Labute approximate surface area is 179 Å². The molecule has 0 N–H and O–H groups in total. The van der Waals surface area contributed by atoms with Crippen molar-refractivity contribution >= 4 is 22.8 Å². The Kier molecular flexibility index (Phi) is 4.86. The van der Waals surface area contributed by atoms with Crippen molar-refractivity contribution in [2.75, 3.05) is 36.0 Å². The summed E-state index contributed by atoms with van der Waals surface area (Å²) in [5.74, 6) is 1.06. The molecule has 2 aliphatic heterocycles. The standard InChI is InChI=1S/C19H19F5N8/c20-14(21)9-32-17-12(5-28-32)25-8-16(29-17)31-10-18(11-31)1-3-30(4-2-18)15-7-26-13(6-27-15)19(22,23)24/h5-8,14H,1-4,9-11H2. The summed E-state index contributed by atoms with van der Waals surface area (Å²) in [6.45, 7) is 2.30. The Morgan fingerprint density at radius 1 is 0.906 bits per heavy atom. The van der Waals surface area contributed by atoms with Crippen molar-refractivity contribution in [2.45, 2.75) is 32.0 Å².